The number of nitrogens with zero attached hydrogens (tertiary/aromatic N) is 1. The average molecular weight is 423 g/mol. The van der Waals surface area contributed by atoms with Gasteiger partial charge in [0, 0.05) is 13.9 Å². The van der Waals surface area contributed by atoms with Crippen LogP contribution >= 0.6 is 45.2 Å². The van der Waals surface area contributed by atoms with Crippen LogP contribution in [0.15, 0.2) is 0 Å². The van der Waals surface area contributed by atoms with E-state index in [0.29, 0.717) is 0 Å². The van der Waals surface area contributed by atoms with Gasteiger partial charge in [-0.25, -0.2) is 0 Å². The highest BCUT2D eigenvalue weighted by Crippen LogP contribution is 2.22. The van der Waals surface area contributed by atoms with Crippen LogP contribution < -0.4 is 0 Å². The lowest BCUT2D eigenvalue weighted by Crippen LogP contribution is -2.34. The second kappa shape index (κ2) is 7.65. The van der Waals surface area contributed by atoms with Crippen molar-refractivity contribution >= 4 is 45.2 Å². The summed E-state index contributed by atoms with van der Waals surface area (Å²) >= 11 is 5.07. The molecule has 0 fully saturated rings. The molecule has 0 aliphatic rings. The summed E-state index contributed by atoms with van der Waals surface area (Å²) in [5.74, 6) is 0.841. The molecule has 86 valence electrons. The number of alkyl halides is 2. The first-order valence-electron chi connectivity index (χ1n) is 5.30. The summed E-state index contributed by atoms with van der Waals surface area (Å²) in [6.45, 7) is 6.98. The second-order valence-corrected chi connectivity index (χ2v) is 8.37. The van der Waals surface area contributed by atoms with Crippen LogP contribution in [0.25, 0.3) is 0 Å². The zero-order valence-corrected chi connectivity index (χ0v) is 14.2. The number of rotatable bonds is 6. The van der Waals surface area contributed by atoms with Gasteiger partial charge in [0.25, 0.3) is 0 Å². The highest BCUT2D eigenvalue weighted by Gasteiger charge is 2.18. The lowest BCUT2D eigenvalue weighted by molar-refractivity contribution is 0.266. The Labute approximate surface area is 117 Å². The zero-order chi connectivity index (χ0) is 11.3. The van der Waals surface area contributed by atoms with Crippen molar-refractivity contribution in [3.05, 3.63) is 0 Å². The lowest BCUT2D eigenvalue weighted by atomic mass is 9.98. The van der Waals surface area contributed by atoms with Crippen LogP contribution in [0.4, 0.5) is 0 Å². The van der Waals surface area contributed by atoms with E-state index < -0.39 is 0 Å². The van der Waals surface area contributed by atoms with E-state index in [1.54, 1.807) is 0 Å². The van der Waals surface area contributed by atoms with Crippen molar-refractivity contribution in [1.82, 2.24) is 4.90 Å². The van der Waals surface area contributed by atoms with E-state index >= 15 is 0 Å². The summed E-state index contributed by atoms with van der Waals surface area (Å²) in [4.78, 5) is 2.36. The van der Waals surface area contributed by atoms with E-state index in [2.05, 4.69) is 84.9 Å². The molecule has 0 N–H and O–H groups in total. The maximum absolute atomic E-state index is 2.54. The van der Waals surface area contributed by atoms with Gasteiger partial charge in [-0.1, -0.05) is 66.0 Å². The standard InChI is InChI=1S/C11H23I2N/c1-8(9(2)12)6-7-11(10(3)13)14(4)5/h8-11H,6-7H2,1-5H3/t8?,9?,10?,11-/m0/s1. The van der Waals surface area contributed by atoms with Crippen LogP contribution in [0.3, 0.4) is 0 Å². The smallest absolute Gasteiger partial charge is 0.0237 e. The normalized spacial score (nSPS) is 20.6. The largest absolute Gasteiger partial charge is 0.305 e. The van der Waals surface area contributed by atoms with Gasteiger partial charge in [0.2, 0.25) is 0 Å². The van der Waals surface area contributed by atoms with Gasteiger partial charge in [0.15, 0.2) is 0 Å². The molecule has 0 aromatic carbocycles. The quantitative estimate of drug-likeness (QED) is 0.462. The van der Waals surface area contributed by atoms with Crippen molar-refractivity contribution in [3.8, 4) is 0 Å². The maximum Gasteiger partial charge on any atom is 0.0237 e. The predicted octanol–water partition coefficient (Wildman–Crippen LogP) is 3.98. The summed E-state index contributed by atoms with van der Waals surface area (Å²) in [5, 5.41) is 0. The molecular formula is C11H23I2N. The molecule has 4 atom stereocenters. The third-order valence-electron chi connectivity index (χ3n) is 2.90. The SMILES string of the molecule is CC(I)C(C)CC[C@@H](C(C)I)N(C)C. The summed E-state index contributed by atoms with van der Waals surface area (Å²) in [7, 11) is 4.38. The Morgan fingerprint density at radius 1 is 0.929 bits per heavy atom. The Kier molecular flexibility index (Phi) is 8.43. The third-order valence-corrected chi connectivity index (χ3v) is 4.95. The molecule has 0 radical (unpaired) electrons. The number of hydrogen-bond donors (Lipinski definition) is 0. The minimum atomic E-state index is 0.730. The predicted molar refractivity (Wildman–Crippen MR) is 82.8 cm³/mol. The Balaban J connectivity index is 3.94. The van der Waals surface area contributed by atoms with Gasteiger partial charge in [0.1, 0.15) is 0 Å². The Bertz CT molecular complexity index is 138. The molecule has 0 aliphatic heterocycles. The molecule has 1 nitrogen and oxygen atoms in total. The third kappa shape index (κ3) is 6.10. The van der Waals surface area contributed by atoms with E-state index in [9.17, 15) is 0 Å². The molecule has 0 saturated heterocycles. The van der Waals surface area contributed by atoms with Gasteiger partial charge in [-0.15, -0.1) is 0 Å². The average Bonchev–Trinajstić information content (AvgIpc) is 2.02. The molecule has 0 aliphatic carbocycles. The molecule has 0 aromatic rings. The van der Waals surface area contributed by atoms with E-state index in [4.69, 9.17) is 0 Å². The van der Waals surface area contributed by atoms with Crippen LogP contribution in [0.2, 0.25) is 0 Å². The summed E-state index contributed by atoms with van der Waals surface area (Å²) in [5.41, 5.74) is 0. The Morgan fingerprint density at radius 2 is 1.43 bits per heavy atom. The summed E-state index contributed by atoms with van der Waals surface area (Å²) in [6, 6.07) is 0.730. The van der Waals surface area contributed by atoms with E-state index in [0.717, 1.165) is 19.8 Å². The van der Waals surface area contributed by atoms with Gasteiger partial charge in [-0.2, -0.15) is 0 Å². The minimum absolute atomic E-state index is 0.730. The van der Waals surface area contributed by atoms with Gasteiger partial charge in [-0.3, -0.25) is 0 Å². The van der Waals surface area contributed by atoms with Crippen molar-refractivity contribution in [2.45, 2.75) is 47.5 Å². The fourth-order valence-electron chi connectivity index (χ4n) is 1.56. The van der Waals surface area contributed by atoms with E-state index in [-0.39, 0.29) is 0 Å². The summed E-state index contributed by atoms with van der Waals surface area (Å²) in [6.07, 6.45) is 2.67. The van der Waals surface area contributed by atoms with Crippen molar-refractivity contribution in [2.24, 2.45) is 5.92 Å². The molecule has 0 aromatic heterocycles. The molecule has 0 bridgehead atoms. The molecule has 0 rings (SSSR count). The van der Waals surface area contributed by atoms with Gasteiger partial charge in [0.05, 0.1) is 0 Å². The first-order valence-corrected chi connectivity index (χ1v) is 7.80. The second-order valence-electron chi connectivity index (χ2n) is 4.44. The van der Waals surface area contributed by atoms with Crippen LogP contribution in [-0.4, -0.2) is 32.9 Å². The topological polar surface area (TPSA) is 3.24 Å². The van der Waals surface area contributed by atoms with Crippen molar-refractivity contribution in [1.29, 1.82) is 0 Å². The Hall–Kier alpha value is 1.42. The number of hydrogen-bond acceptors (Lipinski definition) is 1. The number of halogens is 2. The van der Waals surface area contributed by atoms with Crippen LogP contribution in [-0.2, 0) is 0 Å². The van der Waals surface area contributed by atoms with E-state index in [1.165, 1.54) is 12.8 Å². The molecule has 3 heteroatoms. The minimum Gasteiger partial charge on any atom is -0.305 e. The van der Waals surface area contributed by atoms with Crippen molar-refractivity contribution in [2.75, 3.05) is 14.1 Å². The van der Waals surface area contributed by atoms with Crippen LogP contribution in [0, 0.1) is 5.92 Å². The first kappa shape index (κ1) is 15.4. The molecule has 0 saturated carbocycles. The van der Waals surface area contributed by atoms with Gasteiger partial charge < -0.3 is 4.90 Å². The van der Waals surface area contributed by atoms with Crippen LogP contribution in [0.1, 0.15) is 33.6 Å². The highest BCUT2D eigenvalue weighted by molar-refractivity contribution is 14.1. The molecule has 0 heterocycles. The zero-order valence-electron chi connectivity index (χ0n) is 9.93. The molecule has 3 unspecified atom stereocenters. The van der Waals surface area contributed by atoms with Crippen molar-refractivity contribution < 1.29 is 0 Å². The fourth-order valence-corrected chi connectivity index (χ4v) is 2.92. The summed E-state index contributed by atoms with van der Waals surface area (Å²) < 4.78 is 1.53. The highest BCUT2D eigenvalue weighted by atomic mass is 127. The molecular weight excluding hydrogens is 400 g/mol. The van der Waals surface area contributed by atoms with Crippen molar-refractivity contribution in [3.63, 3.8) is 0 Å². The first-order chi connectivity index (χ1) is 6.36. The van der Waals surface area contributed by atoms with Gasteiger partial charge in [-0.05, 0) is 32.9 Å². The molecule has 0 amide bonds. The lowest BCUT2D eigenvalue weighted by Gasteiger charge is -2.28. The molecule has 14 heavy (non-hydrogen) atoms. The Morgan fingerprint density at radius 3 is 1.71 bits per heavy atom. The fraction of sp³-hybridized carbons (Fsp3) is 1.00. The van der Waals surface area contributed by atoms with Gasteiger partial charge >= 0.3 is 0 Å². The monoisotopic (exact) mass is 423 g/mol. The van der Waals surface area contributed by atoms with E-state index in [1.807, 2.05) is 0 Å². The van der Waals surface area contributed by atoms with Crippen LogP contribution in [0.5, 0.6) is 0 Å². The maximum atomic E-state index is 2.54. The molecule has 0 spiro atoms.